The zero-order chi connectivity index (χ0) is 25.2. The van der Waals surface area contributed by atoms with Crippen LogP contribution >= 0.6 is 22.9 Å². The molecule has 1 amide bonds. The van der Waals surface area contributed by atoms with Gasteiger partial charge in [0.1, 0.15) is 5.52 Å². The number of aryl methyl sites for hydroxylation is 1. The quantitative estimate of drug-likeness (QED) is 0.421. The summed E-state index contributed by atoms with van der Waals surface area (Å²) in [6, 6.07) is 12.5. The summed E-state index contributed by atoms with van der Waals surface area (Å²) in [5, 5.41) is 1.21. The van der Waals surface area contributed by atoms with E-state index in [0.29, 0.717) is 53.0 Å². The summed E-state index contributed by atoms with van der Waals surface area (Å²) in [5.74, 6) is -0.243. The molecule has 1 aliphatic rings. The minimum Gasteiger partial charge on any atom is -0.309 e. The number of thiazole rings is 1. The molecule has 1 aliphatic heterocycles. The van der Waals surface area contributed by atoms with Crippen LogP contribution in [-0.2, 0) is 14.8 Å². The highest BCUT2D eigenvalue weighted by Gasteiger charge is 2.35. The minimum atomic E-state index is -3.57. The average molecular weight is 535 g/mol. The van der Waals surface area contributed by atoms with Gasteiger partial charge in [0.05, 0.1) is 14.6 Å². The van der Waals surface area contributed by atoms with Crippen LogP contribution in [0.1, 0.15) is 24.8 Å². The molecule has 0 saturated carbocycles. The van der Waals surface area contributed by atoms with Gasteiger partial charge in [-0.1, -0.05) is 46.7 Å². The first kappa shape index (κ1) is 26.0. The number of rotatable bonds is 8. The Morgan fingerprint density at radius 3 is 2.43 bits per heavy atom. The summed E-state index contributed by atoms with van der Waals surface area (Å²) in [6.07, 6.45) is 1.78. The van der Waals surface area contributed by atoms with Gasteiger partial charge >= 0.3 is 0 Å². The van der Waals surface area contributed by atoms with Crippen molar-refractivity contribution < 1.29 is 13.2 Å². The fourth-order valence-electron chi connectivity index (χ4n) is 4.29. The lowest BCUT2D eigenvalue weighted by Crippen LogP contribution is -2.45. The van der Waals surface area contributed by atoms with Crippen LogP contribution in [0.15, 0.2) is 47.4 Å². The van der Waals surface area contributed by atoms with Crippen molar-refractivity contribution in [3.05, 3.63) is 53.1 Å². The fourth-order valence-corrected chi connectivity index (χ4v) is 7.05. The molecule has 4 rings (SSSR count). The number of nitrogens with zero attached hydrogens (tertiary/aromatic N) is 4. The van der Waals surface area contributed by atoms with Gasteiger partial charge in [-0.25, -0.2) is 13.4 Å². The normalized spacial score (nSPS) is 15.7. The first-order chi connectivity index (χ1) is 16.7. The Morgan fingerprint density at radius 2 is 1.80 bits per heavy atom. The number of piperidine rings is 1. The van der Waals surface area contributed by atoms with E-state index in [2.05, 4.69) is 4.90 Å². The summed E-state index contributed by atoms with van der Waals surface area (Å²) < 4.78 is 28.6. The number of halogens is 1. The van der Waals surface area contributed by atoms with Crippen molar-refractivity contribution >= 4 is 54.2 Å². The predicted molar refractivity (Wildman–Crippen MR) is 143 cm³/mol. The molecule has 35 heavy (non-hydrogen) atoms. The van der Waals surface area contributed by atoms with Crippen molar-refractivity contribution in [2.24, 2.45) is 5.92 Å². The monoisotopic (exact) mass is 534 g/mol. The second-order valence-corrected chi connectivity index (χ2v) is 12.6. The van der Waals surface area contributed by atoms with Crippen LogP contribution in [-0.4, -0.2) is 68.8 Å². The third-order valence-electron chi connectivity index (χ3n) is 6.30. The van der Waals surface area contributed by atoms with Crippen LogP contribution in [0.3, 0.4) is 0 Å². The predicted octanol–water partition coefficient (Wildman–Crippen LogP) is 4.64. The number of fused-ring (bicyclic) bond motifs is 1. The molecule has 0 atom stereocenters. The first-order valence-corrected chi connectivity index (χ1v) is 14.4. The number of carbonyl (C=O) groups is 1. The number of hydrogen-bond acceptors (Lipinski definition) is 6. The number of sulfonamides is 1. The van der Waals surface area contributed by atoms with E-state index in [1.165, 1.54) is 15.6 Å². The lowest BCUT2D eigenvalue weighted by Gasteiger charge is -2.33. The lowest BCUT2D eigenvalue weighted by molar-refractivity contribution is -0.123. The standard InChI is InChI=1S/C25H31ClN4O3S2/c1-18-8-10-20(11-9-18)35(32,33)29-16-12-19(13-17-29)24(31)30(15-5-14-28(2)3)25-27-23-21(26)6-4-7-22(23)34-25/h4,6-11,19H,5,12-17H2,1-3H3. The van der Waals surface area contributed by atoms with Gasteiger partial charge in [0.15, 0.2) is 5.13 Å². The number of carbonyl (C=O) groups excluding carboxylic acids is 1. The molecule has 0 spiro atoms. The zero-order valence-electron chi connectivity index (χ0n) is 20.3. The third-order valence-corrected chi connectivity index (χ3v) is 9.57. The Balaban J connectivity index is 1.50. The molecule has 1 aromatic heterocycles. The molecule has 1 saturated heterocycles. The molecule has 0 aliphatic carbocycles. The second-order valence-electron chi connectivity index (χ2n) is 9.22. The Kier molecular flexibility index (Phi) is 8.12. The lowest BCUT2D eigenvalue weighted by atomic mass is 9.96. The maximum atomic E-state index is 13.7. The van der Waals surface area contributed by atoms with Gasteiger partial charge in [-0.3, -0.25) is 9.69 Å². The topological polar surface area (TPSA) is 73.8 Å². The summed E-state index contributed by atoms with van der Waals surface area (Å²) in [5.41, 5.74) is 1.72. The van der Waals surface area contributed by atoms with Gasteiger partial charge in [0.25, 0.3) is 0 Å². The number of anilines is 1. The Bertz CT molecular complexity index is 1280. The maximum absolute atomic E-state index is 13.7. The molecule has 2 aromatic carbocycles. The van der Waals surface area contributed by atoms with Crippen LogP contribution < -0.4 is 4.90 Å². The molecule has 0 bridgehead atoms. The Hall–Kier alpha value is -2.04. The van der Waals surface area contributed by atoms with E-state index in [9.17, 15) is 13.2 Å². The van der Waals surface area contributed by atoms with Gasteiger partial charge in [-0.05, 0) is 71.1 Å². The summed E-state index contributed by atoms with van der Waals surface area (Å²) in [4.78, 5) is 22.5. The smallest absolute Gasteiger partial charge is 0.243 e. The highest BCUT2D eigenvalue weighted by atomic mass is 35.5. The molecule has 0 unspecified atom stereocenters. The molecule has 2 heterocycles. The van der Waals surface area contributed by atoms with Crippen molar-refractivity contribution in [2.75, 3.05) is 45.2 Å². The molecule has 3 aromatic rings. The van der Waals surface area contributed by atoms with Gasteiger partial charge in [0, 0.05) is 25.6 Å². The van der Waals surface area contributed by atoms with Gasteiger partial charge < -0.3 is 4.90 Å². The molecule has 1 fully saturated rings. The van der Waals surface area contributed by atoms with E-state index in [-0.39, 0.29) is 11.8 Å². The minimum absolute atomic E-state index is 0.00585. The Morgan fingerprint density at radius 1 is 1.11 bits per heavy atom. The largest absolute Gasteiger partial charge is 0.309 e. The van der Waals surface area contributed by atoms with E-state index >= 15 is 0 Å². The summed E-state index contributed by atoms with van der Waals surface area (Å²) in [6.45, 7) is 3.98. The average Bonchev–Trinajstić information content (AvgIpc) is 3.27. The van der Waals surface area contributed by atoms with Crippen LogP contribution in [0, 0.1) is 12.8 Å². The zero-order valence-corrected chi connectivity index (χ0v) is 22.7. The van der Waals surface area contributed by atoms with Gasteiger partial charge in [-0.2, -0.15) is 4.31 Å². The molecule has 7 nitrogen and oxygen atoms in total. The van der Waals surface area contributed by atoms with Gasteiger partial charge in [0.2, 0.25) is 15.9 Å². The second kappa shape index (κ2) is 10.9. The van der Waals surface area contributed by atoms with E-state index in [1.807, 2.05) is 33.2 Å². The summed E-state index contributed by atoms with van der Waals surface area (Å²) in [7, 11) is 0.447. The molecule has 10 heteroatoms. The SMILES string of the molecule is Cc1ccc(S(=O)(=O)N2CCC(C(=O)N(CCCN(C)C)c3nc4c(Cl)cccc4s3)CC2)cc1. The molecule has 188 valence electrons. The van der Waals surface area contributed by atoms with Crippen molar-refractivity contribution in [1.29, 1.82) is 0 Å². The third kappa shape index (κ3) is 5.86. The van der Waals surface area contributed by atoms with E-state index in [4.69, 9.17) is 16.6 Å². The number of para-hydroxylation sites is 1. The number of aromatic nitrogens is 1. The van der Waals surface area contributed by atoms with Crippen molar-refractivity contribution in [3.63, 3.8) is 0 Å². The van der Waals surface area contributed by atoms with E-state index in [0.717, 1.165) is 23.2 Å². The fraction of sp³-hybridized carbons (Fsp3) is 0.440. The van der Waals surface area contributed by atoms with Crippen LogP contribution in [0.25, 0.3) is 10.2 Å². The van der Waals surface area contributed by atoms with E-state index < -0.39 is 10.0 Å². The Labute approximate surface area is 216 Å². The molecular weight excluding hydrogens is 504 g/mol. The van der Waals surface area contributed by atoms with Crippen LogP contribution in [0.2, 0.25) is 5.02 Å². The molecule has 0 N–H and O–H groups in total. The first-order valence-electron chi connectivity index (χ1n) is 11.7. The highest BCUT2D eigenvalue weighted by molar-refractivity contribution is 7.89. The van der Waals surface area contributed by atoms with Gasteiger partial charge in [-0.15, -0.1) is 0 Å². The highest BCUT2D eigenvalue weighted by Crippen LogP contribution is 2.34. The molecular formula is C25H31ClN4O3S2. The van der Waals surface area contributed by atoms with Crippen molar-refractivity contribution in [3.8, 4) is 0 Å². The van der Waals surface area contributed by atoms with Crippen molar-refractivity contribution in [2.45, 2.75) is 31.1 Å². The van der Waals surface area contributed by atoms with Crippen LogP contribution in [0.4, 0.5) is 5.13 Å². The maximum Gasteiger partial charge on any atom is 0.243 e. The number of hydrogen-bond donors (Lipinski definition) is 0. The van der Waals surface area contributed by atoms with Crippen molar-refractivity contribution in [1.82, 2.24) is 14.2 Å². The number of benzene rings is 2. The summed E-state index contributed by atoms with van der Waals surface area (Å²) >= 11 is 7.80. The molecule has 0 radical (unpaired) electrons. The number of amides is 1. The van der Waals surface area contributed by atoms with E-state index in [1.54, 1.807) is 35.2 Å². The van der Waals surface area contributed by atoms with Crippen LogP contribution in [0.5, 0.6) is 0 Å².